The van der Waals surface area contributed by atoms with Gasteiger partial charge in [0.05, 0.1) is 43.9 Å². The van der Waals surface area contributed by atoms with Crippen LogP contribution < -0.4 is 16.0 Å². The molecule has 2 heterocycles. The summed E-state index contributed by atoms with van der Waals surface area (Å²) in [7, 11) is 2.00. The lowest BCUT2D eigenvalue weighted by Crippen LogP contribution is -2.55. The summed E-state index contributed by atoms with van der Waals surface area (Å²) >= 11 is 0. The second-order valence-corrected chi connectivity index (χ2v) is 9.76. The predicted octanol–water partition coefficient (Wildman–Crippen LogP) is 3.64. The van der Waals surface area contributed by atoms with Crippen LogP contribution in [0.5, 0.6) is 0 Å². The number of anilines is 2. The standard InChI is InChI=1S/C27H32F4N6O2/c1-16-14-36(15-17(2)35(16)3)25-11-21(28)20(19(12-32)13-33-37-4-6-39-7-5-37)10-24(25)34-27(38)18-8-22(29)26(31)23(30)9-18/h8-13,16-17H,4-7,14-15,32H2,1-3H3,(H,34,38)/t16-,17+. The third kappa shape index (κ3) is 6.34. The van der Waals surface area contributed by atoms with Gasteiger partial charge in [-0.05, 0) is 45.2 Å². The third-order valence-corrected chi connectivity index (χ3v) is 7.12. The largest absolute Gasteiger partial charge is 0.404 e. The molecule has 2 atom stereocenters. The van der Waals surface area contributed by atoms with E-state index in [0.717, 1.165) is 0 Å². The van der Waals surface area contributed by atoms with Crippen LogP contribution in [0.2, 0.25) is 0 Å². The van der Waals surface area contributed by atoms with Crippen LogP contribution >= 0.6 is 0 Å². The first-order valence-corrected chi connectivity index (χ1v) is 12.6. The van der Waals surface area contributed by atoms with Crippen molar-refractivity contribution in [2.75, 3.05) is 56.7 Å². The van der Waals surface area contributed by atoms with Crippen LogP contribution in [0.1, 0.15) is 29.8 Å². The first-order valence-electron chi connectivity index (χ1n) is 12.6. The van der Waals surface area contributed by atoms with E-state index in [9.17, 15) is 18.0 Å². The number of nitrogens with one attached hydrogen (secondary N) is 1. The smallest absolute Gasteiger partial charge is 0.255 e. The van der Waals surface area contributed by atoms with Crippen LogP contribution in [0.15, 0.2) is 35.6 Å². The monoisotopic (exact) mass is 548 g/mol. The number of morpholine rings is 1. The summed E-state index contributed by atoms with van der Waals surface area (Å²) in [4.78, 5) is 17.2. The highest BCUT2D eigenvalue weighted by Gasteiger charge is 2.29. The fraction of sp³-hybridized carbons (Fsp3) is 0.407. The van der Waals surface area contributed by atoms with E-state index in [-0.39, 0.29) is 28.9 Å². The Labute approximate surface area is 224 Å². The van der Waals surface area contributed by atoms with E-state index in [1.165, 1.54) is 24.5 Å². The van der Waals surface area contributed by atoms with Gasteiger partial charge < -0.3 is 20.7 Å². The number of hydrogen-bond donors (Lipinski definition) is 2. The maximum atomic E-state index is 15.6. The van der Waals surface area contributed by atoms with E-state index in [2.05, 4.69) is 15.3 Å². The number of rotatable bonds is 6. The van der Waals surface area contributed by atoms with E-state index in [0.29, 0.717) is 57.2 Å². The molecule has 39 heavy (non-hydrogen) atoms. The van der Waals surface area contributed by atoms with Gasteiger partial charge in [0.15, 0.2) is 17.5 Å². The number of benzene rings is 2. The predicted molar refractivity (Wildman–Crippen MR) is 143 cm³/mol. The minimum atomic E-state index is -1.67. The van der Waals surface area contributed by atoms with E-state index in [4.69, 9.17) is 10.5 Å². The summed E-state index contributed by atoms with van der Waals surface area (Å²) < 4.78 is 62.0. The summed E-state index contributed by atoms with van der Waals surface area (Å²) in [6.07, 6.45) is 2.64. The van der Waals surface area contributed by atoms with Crippen molar-refractivity contribution in [2.45, 2.75) is 25.9 Å². The topological polar surface area (TPSA) is 86.4 Å². The average molecular weight is 549 g/mol. The minimum Gasteiger partial charge on any atom is -0.404 e. The molecule has 0 aromatic heterocycles. The lowest BCUT2D eigenvalue weighted by Gasteiger charge is -2.44. The zero-order valence-corrected chi connectivity index (χ0v) is 22.1. The molecule has 0 radical (unpaired) electrons. The second kappa shape index (κ2) is 12.0. The molecule has 210 valence electrons. The summed E-state index contributed by atoms with van der Waals surface area (Å²) in [5.41, 5.74) is 6.32. The van der Waals surface area contributed by atoms with Gasteiger partial charge in [-0.1, -0.05) is 0 Å². The second-order valence-electron chi connectivity index (χ2n) is 9.76. The third-order valence-electron chi connectivity index (χ3n) is 7.12. The number of carbonyl (C=O) groups excluding carboxylic acids is 1. The molecule has 0 aliphatic carbocycles. The van der Waals surface area contributed by atoms with Crippen LogP contribution in [-0.2, 0) is 4.74 Å². The van der Waals surface area contributed by atoms with Crippen molar-refractivity contribution in [3.05, 3.63) is 64.9 Å². The molecule has 2 fully saturated rings. The minimum absolute atomic E-state index is 0.0697. The van der Waals surface area contributed by atoms with Gasteiger partial charge in [0.25, 0.3) is 5.91 Å². The van der Waals surface area contributed by atoms with Crippen molar-refractivity contribution in [2.24, 2.45) is 10.8 Å². The molecule has 2 aromatic carbocycles. The summed E-state index contributed by atoms with van der Waals surface area (Å²) in [5.74, 6) is -6.13. The molecule has 0 unspecified atom stereocenters. The van der Waals surface area contributed by atoms with Crippen LogP contribution in [0.4, 0.5) is 28.9 Å². The Morgan fingerprint density at radius 2 is 1.64 bits per heavy atom. The molecule has 8 nitrogen and oxygen atoms in total. The Bertz CT molecular complexity index is 1250. The van der Waals surface area contributed by atoms with Gasteiger partial charge in [0.1, 0.15) is 5.82 Å². The first-order chi connectivity index (χ1) is 18.6. The average Bonchev–Trinajstić information content (AvgIpc) is 2.92. The lowest BCUT2D eigenvalue weighted by molar-refractivity contribution is 0.0397. The summed E-state index contributed by atoms with van der Waals surface area (Å²) in [6.45, 7) is 7.33. The van der Waals surface area contributed by atoms with Crippen LogP contribution in [-0.4, -0.2) is 80.6 Å². The molecular weight excluding hydrogens is 516 g/mol. The molecule has 2 aliphatic heterocycles. The van der Waals surface area contributed by atoms with Crippen LogP contribution in [0, 0.1) is 23.3 Å². The quantitative estimate of drug-likeness (QED) is 0.326. The van der Waals surface area contributed by atoms with Crippen LogP contribution in [0.25, 0.3) is 5.57 Å². The van der Waals surface area contributed by atoms with Gasteiger partial charge in [-0.15, -0.1) is 0 Å². The summed E-state index contributed by atoms with van der Waals surface area (Å²) in [5, 5.41) is 8.77. The molecule has 0 saturated carbocycles. The highest BCUT2D eigenvalue weighted by Crippen LogP contribution is 2.34. The number of nitrogens with two attached hydrogens (primary N) is 1. The molecule has 3 N–H and O–H groups in total. The number of halogens is 4. The molecule has 1 amide bonds. The van der Waals surface area contributed by atoms with E-state index in [1.54, 1.807) is 5.01 Å². The zero-order valence-electron chi connectivity index (χ0n) is 22.1. The van der Waals surface area contributed by atoms with E-state index >= 15 is 4.39 Å². The number of amides is 1. The number of piperazine rings is 1. The molecule has 2 saturated heterocycles. The number of hydrogen-bond acceptors (Lipinski definition) is 7. The van der Waals surface area contributed by atoms with Crippen molar-refractivity contribution in [3.63, 3.8) is 0 Å². The highest BCUT2D eigenvalue weighted by molar-refractivity contribution is 6.11. The van der Waals surface area contributed by atoms with E-state index < -0.39 is 34.7 Å². The maximum Gasteiger partial charge on any atom is 0.255 e. The SMILES string of the molecule is C[C@@H]1CN(c2cc(F)c(C(C=NN3CCOCC3)=CN)cc2NC(=O)c2cc(F)c(F)c(F)c2)C[C@H](C)N1C. The van der Waals surface area contributed by atoms with Crippen molar-refractivity contribution >= 4 is 29.1 Å². The molecule has 12 heteroatoms. The van der Waals surface area contributed by atoms with Crippen LogP contribution in [0.3, 0.4) is 0 Å². The van der Waals surface area contributed by atoms with E-state index in [1.807, 2.05) is 25.8 Å². The first kappa shape index (κ1) is 28.4. The zero-order chi connectivity index (χ0) is 28.3. The van der Waals surface area contributed by atoms with Crippen molar-refractivity contribution in [1.29, 1.82) is 0 Å². The summed E-state index contributed by atoms with van der Waals surface area (Å²) in [6, 6.07) is 4.18. The Balaban J connectivity index is 1.73. The van der Waals surface area contributed by atoms with Gasteiger partial charge >= 0.3 is 0 Å². The fourth-order valence-corrected chi connectivity index (χ4v) is 4.64. The lowest BCUT2D eigenvalue weighted by atomic mass is 10.0. The Morgan fingerprint density at radius 1 is 1.03 bits per heavy atom. The highest BCUT2D eigenvalue weighted by atomic mass is 19.2. The number of hydrazone groups is 1. The number of allylic oxidation sites excluding steroid dienone is 1. The molecule has 0 spiro atoms. The fourth-order valence-electron chi connectivity index (χ4n) is 4.64. The normalized spacial score (nSPS) is 21.1. The Kier molecular flexibility index (Phi) is 8.76. The van der Waals surface area contributed by atoms with Crippen molar-refractivity contribution < 1.29 is 27.1 Å². The van der Waals surface area contributed by atoms with Crippen molar-refractivity contribution in [1.82, 2.24) is 9.91 Å². The van der Waals surface area contributed by atoms with Gasteiger partial charge in [-0.2, -0.15) is 5.10 Å². The molecule has 2 aliphatic rings. The van der Waals surface area contributed by atoms with Gasteiger partial charge in [-0.25, -0.2) is 17.6 Å². The number of likely N-dealkylation sites (N-methyl/N-ethyl adjacent to an activating group) is 1. The number of nitrogens with zero attached hydrogens (tertiary/aromatic N) is 4. The molecule has 2 aromatic rings. The molecule has 0 bridgehead atoms. The van der Waals surface area contributed by atoms with Gasteiger partial charge in [0, 0.05) is 48.1 Å². The maximum absolute atomic E-state index is 15.6. The number of ether oxygens (including phenoxy) is 1. The Hall–Kier alpha value is -3.64. The van der Waals surface area contributed by atoms with Gasteiger partial charge in [0.2, 0.25) is 0 Å². The Morgan fingerprint density at radius 3 is 2.23 bits per heavy atom. The van der Waals surface area contributed by atoms with Gasteiger partial charge in [-0.3, -0.25) is 14.7 Å². The molecule has 4 rings (SSSR count). The van der Waals surface area contributed by atoms with Crippen molar-refractivity contribution in [3.8, 4) is 0 Å². The molecular formula is C27H32F4N6O2. The number of carbonyl (C=O) groups is 1.